The molecule has 7 nitrogen and oxygen atoms in total. The quantitative estimate of drug-likeness (QED) is 0.362. The number of anilines is 2. The largest absolute Gasteiger partial charge is 0.361 e. The van der Waals surface area contributed by atoms with E-state index >= 15 is 0 Å². The Morgan fingerprint density at radius 3 is 2.86 bits per heavy atom. The molecule has 0 aliphatic heterocycles. The lowest BCUT2D eigenvalue weighted by atomic mass is 10.0. The molecule has 0 spiro atoms. The summed E-state index contributed by atoms with van der Waals surface area (Å²) in [6.45, 7) is 0.244. The highest BCUT2D eigenvalue weighted by molar-refractivity contribution is 7.77. The summed E-state index contributed by atoms with van der Waals surface area (Å²) in [7, 11) is 0. The Balaban J connectivity index is 1.78. The van der Waals surface area contributed by atoms with E-state index in [2.05, 4.69) is 26.1 Å². The molecular formula is C21H17N5O2S. The maximum absolute atomic E-state index is 10.9. The van der Waals surface area contributed by atoms with Crippen LogP contribution in [0.4, 0.5) is 11.4 Å². The van der Waals surface area contributed by atoms with Gasteiger partial charge < -0.3 is 10.3 Å². The number of aromatic amines is 1. The number of H-pyrrole nitrogens is 1. The average Bonchev–Trinajstić information content (AvgIpc) is 3.22. The topological polar surface area (TPSA) is 114 Å². The highest BCUT2D eigenvalue weighted by atomic mass is 32.2. The van der Waals surface area contributed by atoms with Gasteiger partial charge in [-0.15, -0.1) is 0 Å². The zero-order chi connectivity index (χ0) is 20.2. The molecule has 0 aliphatic carbocycles. The fourth-order valence-electron chi connectivity index (χ4n) is 3.22. The summed E-state index contributed by atoms with van der Waals surface area (Å²) in [6, 6.07) is 17.6. The highest BCUT2D eigenvalue weighted by Crippen LogP contribution is 2.34. The fraction of sp³-hybridized carbons (Fsp3) is 0.0476. The molecular weight excluding hydrogens is 386 g/mol. The third-order valence-corrected chi connectivity index (χ3v) is 4.95. The van der Waals surface area contributed by atoms with E-state index in [4.69, 9.17) is 4.55 Å². The lowest BCUT2D eigenvalue weighted by Gasteiger charge is -2.15. The molecule has 29 heavy (non-hydrogen) atoms. The van der Waals surface area contributed by atoms with Gasteiger partial charge >= 0.3 is 0 Å². The van der Waals surface area contributed by atoms with Gasteiger partial charge in [0.1, 0.15) is 6.07 Å². The van der Waals surface area contributed by atoms with Crippen molar-refractivity contribution in [3.63, 3.8) is 0 Å². The Morgan fingerprint density at radius 2 is 2.03 bits per heavy atom. The number of nitrogens with one attached hydrogen (secondary N) is 3. The Bertz CT molecular complexity index is 1250. The molecule has 4 N–H and O–H groups in total. The second kappa shape index (κ2) is 8.24. The van der Waals surface area contributed by atoms with Gasteiger partial charge in [0.05, 0.1) is 11.3 Å². The van der Waals surface area contributed by atoms with Crippen molar-refractivity contribution in [1.82, 2.24) is 14.7 Å². The van der Waals surface area contributed by atoms with Crippen LogP contribution in [0, 0.1) is 11.3 Å². The number of rotatable bonds is 6. The molecule has 0 saturated heterocycles. The van der Waals surface area contributed by atoms with Crippen molar-refractivity contribution in [2.24, 2.45) is 0 Å². The number of hydrogen-bond acceptors (Lipinski definition) is 4. The van der Waals surface area contributed by atoms with E-state index in [1.807, 2.05) is 54.7 Å². The van der Waals surface area contributed by atoms with E-state index < -0.39 is 11.3 Å². The molecule has 0 radical (unpaired) electrons. The Hall–Kier alpha value is -3.51. The maximum Gasteiger partial charge on any atom is 0.232 e. The fourth-order valence-corrected chi connectivity index (χ4v) is 3.51. The minimum Gasteiger partial charge on any atom is -0.361 e. The summed E-state index contributed by atoms with van der Waals surface area (Å²) in [6.07, 6.45) is 5.11. The first kappa shape index (κ1) is 18.8. The van der Waals surface area contributed by atoms with Crippen LogP contribution < -0.4 is 10.0 Å². The van der Waals surface area contributed by atoms with Crippen LogP contribution in [-0.2, 0) is 17.8 Å². The molecule has 8 heteroatoms. The third kappa shape index (κ3) is 4.02. The number of benzene rings is 2. The summed E-state index contributed by atoms with van der Waals surface area (Å²) in [4.78, 5) is 7.40. The lowest BCUT2D eigenvalue weighted by molar-refractivity contribution is 0.548. The summed E-state index contributed by atoms with van der Waals surface area (Å²) in [5, 5.41) is 14.1. The summed E-state index contributed by atoms with van der Waals surface area (Å²) >= 11 is -2.08. The van der Waals surface area contributed by atoms with Gasteiger partial charge in [-0.1, -0.05) is 24.3 Å². The van der Waals surface area contributed by atoms with Crippen molar-refractivity contribution >= 4 is 33.5 Å². The number of nitrogens with zero attached hydrogens (tertiary/aromatic N) is 2. The smallest absolute Gasteiger partial charge is 0.232 e. The molecule has 2 aromatic carbocycles. The van der Waals surface area contributed by atoms with E-state index in [-0.39, 0.29) is 6.54 Å². The van der Waals surface area contributed by atoms with Crippen LogP contribution in [-0.4, -0.2) is 18.7 Å². The number of aromatic nitrogens is 2. The predicted molar refractivity (Wildman–Crippen MR) is 114 cm³/mol. The number of pyridine rings is 1. The lowest BCUT2D eigenvalue weighted by Crippen LogP contribution is -2.15. The van der Waals surface area contributed by atoms with Crippen LogP contribution in [0.1, 0.15) is 11.1 Å². The molecule has 2 aromatic heterocycles. The van der Waals surface area contributed by atoms with Crippen LogP contribution in [0.2, 0.25) is 0 Å². The maximum atomic E-state index is 10.9. The standard InChI is InChI=1S/C21H17N5O2S/c22-10-16-12-23-13-18(15-4-1-3-14(9-15)11-25-29(27)28)21(16)26-20-6-2-5-19-17(20)7-8-24-19/h1-9,12-13,24-25H,11H2,(H,23,26)(H,27,28). The van der Waals surface area contributed by atoms with Crippen molar-refractivity contribution in [3.05, 3.63) is 78.2 Å². The molecule has 0 bridgehead atoms. The number of hydrogen-bond donors (Lipinski definition) is 4. The first-order valence-corrected chi connectivity index (χ1v) is 9.91. The van der Waals surface area contributed by atoms with Gasteiger partial charge in [0, 0.05) is 47.3 Å². The van der Waals surface area contributed by atoms with Gasteiger partial charge in [0.25, 0.3) is 0 Å². The monoisotopic (exact) mass is 403 g/mol. The van der Waals surface area contributed by atoms with Gasteiger partial charge in [0.15, 0.2) is 0 Å². The van der Waals surface area contributed by atoms with Crippen molar-refractivity contribution in [2.75, 3.05) is 5.32 Å². The van der Waals surface area contributed by atoms with Crippen molar-refractivity contribution in [1.29, 1.82) is 5.26 Å². The van der Waals surface area contributed by atoms with Crippen LogP contribution in [0.5, 0.6) is 0 Å². The first-order chi connectivity index (χ1) is 14.2. The molecule has 0 fully saturated rings. The van der Waals surface area contributed by atoms with E-state index in [1.165, 1.54) is 6.20 Å². The third-order valence-electron chi connectivity index (χ3n) is 4.56. The molecule has 0 saturated carbocycles. The molecule has 2 heterocycles. The van der Waals surface area contributed by atoms with Gasteiger partial charge in [-0.25, -0.2) is 8.93 Å². The molecule has 1 unspecified atom stereocenters. The van der Waals surface area contributed by atoms with E-state index in [1.54, 1.807) is 6.20 Å². The zero-order valence-electron chi connectivity index (χ0n) is 15.2. The first-order valence-electron chi connectivity index (χ1n) is 8.80. The van der Waals surface area contributed by atoms with Crippen LogP contribution in [0.3, 0.4) is 0 Å². The summed E-state index contributed by atoms with van der Waals surface area (Å²) in [5.41, 5.74) is 5.41. The van der Waals surface area contributed by atoms with Gasteiger partial charge in [-0.05, 0) is 35.4 Å². The average molecular weight is 403 g/mol. The minimum atomic E-state index is -2.08. The zero-order valence-corrected chi connectivity index (χ0v) is 16.0. The normalized spacial score (nSPS) is 11.9. The van der Waals surface area contributed by atoms with Crippen LogP contribution in [0.15, 0.2) is 67.1 Å². The SMILES string of the molecule is N#Cc1cncc(-c2cccc(CNS(=O)O)c2)c1Nc1cccc2[nH]ccc12. The predicted octanol–water partition coefficient (Wildman–Crippen LogP) is 4.07. The van der Waals surface area contributed by atoms with E-state index in [0.717, 1.165) is 33.3 Å². The molecule has 144 valence electrons. The molecule has 0 aliphatic rings. The van der Waals surface area contributed by atoms with Crippen molar-refractivity contribution < 1.29 is 8.76 Å². The Labute approximate surface area is 169 Å². The summed E-state index contributed by atoms with van der Waals surface area (Å²) < 4.78 is 22.3. The molecule has 1 atom stereocenters. The van der Waals surface area contributed by atoms with Gasteiger partial charge in [0.2, 0.25) is 11.3 Å². The molecule has 4 rings (SSSR count). The molecule has 4 aromatic rings. The van der Waals surface area contributed by atoms with E-state index in [9.17, 15) is 9.47 Å². The van der Waals surface area contributed by atoms with Crippen LogP contribution >= 0.6 is 0 Å². The number of fused-ring (bicyclic) bond motifs is 1. The second-order valence-corrected chi connectivity index (χ2v) is 7.15. The van der Waals surface area contributed by atoms with Gasteiger partial charge in [-0.2, -0.15) is 5.26 Å². The number of nitriles is 1. The van der Waals surface area contributed by atoms with Crippen molar-refractivity contribution in [3.8, 4) is 17.2 Å². The second-order valence-electron chi connectivity index (χ2n) is 6.36. The van der Waals surface area contributed by atoms with Gasteiger partial charge in [-0.3, -0.25) is 9.54 Å². The highest BCUT2D eigenvalue weighted by Gasteiger charge is 2.13. The molecule has 0 amide bonds. The summed E-state index contributed by atoms with van der Waals surface area (Å²) in [5.74, 6) is 0. The van der Waals surface area contributed by atoms with Crippen LogP contribution in [0.25, 0.3) is 22.0 Å². The minimum absolute atomic E-state index is 0.244. The Morgan fingerprint density at radius 1 is 1.17 bits per heavy atom. The van der Waals surface area contributed by atoms with E-state index in [0.29, 0.717) is 11.3 Å². The van der Waals surface area contributed by atoms with Crippen molar-refractivity contribution in [2.45, 2.75) is 6.54 Å². The Kier molecular flexibility index (Phi) is 5.35.